The summed E-state index contributed by atoms with van der Waals surface area (Å²) in [6.07, 6.45) is -4.46. The number of nitrogens with one attached hydrogen (secondary N) is 3. The summed E-state index contributed by atoms with van der Waals surface area (Å²) in [6, 6.07) is 14.2. The molecule has 1 atom stereocenters. The van der Waals surface area contributed by atoms with Crippen LogP contribution in [0.15, 0.2) is 71.1 Å². The number of hydrazone groups is 1. The normalized spacial score (nSPS) is 12.5. The van der Waals surface area contributed by atoms with E-state index < -0.39 is 17.6 Å². The first-order valence-electron chi connectivity index (χ1n) is 12.4. The summed E-state index contributed by atoms with van der Waals surface area (Å²) in [7, 11) is 0. The van der Waals surface area contributed by atoms with Crippen LogP contribution in [-0.2, 0) is 11.0 Å². The average Bonchev–Trinajstić information content (AvgIpc) is 3.59. The summed E-state index contributed by atoms with van der Waals surface area (Å²) in [4.78, 5) is 37.5. The number of amides is 3. The SMILES string of the molecule is CC(=O)Nc1ccc(C(C)NC(=O)c2ccc(C(=O)NN=C(C)c3csc(-c4ccc(C(F)(F)F)cc4)c3O)s2)cc1. The molecular formula is C29H25F3N4O4S2. The molecule has 4 N–H and O–H groups in total. The van der Waals surface area contributed by atoms with Crippen molar-refractivity contribution in [2.45, 2.75) is 33.0 Å². The van der Waals surface area contributed by atoms with Crippen LogP contribution in [0, 0.1) is 0 Å². The Labute approximate surface area is 246 Å². The largest absolute Gasteiger partial charge is 0.506 e. The van der Waals surface area contributed by atoms with E-state index in [0.29, 0.717) is 26.6 Å². The van der Waals surface area contributed by atoms with Crippen molar-refractivity contribution in [1.82, 2.24) is 10.7 Å². The van der Waals surface area contributed by atoms with Crippen molar-refractivity contribution >= 4 is 51.8 Å². The Morgan fingerprint density at radius 1 is 0.905 bits per heavy atom. The zero-order valence-electron chi connectivity index (χ0n) is 22.5. The van der Waals surface area contributed by atoms with E-state index in [1.807, 2.05) is 6.92 Å². The topological polar surface area (TPSA) is 120 Å². The van der Waals surface area contributed by atoms with Gasteiger partial charge < -0.3 is 15.7 Å². The molecule has 3 amide bonds. The number of carbonyl (C=O) groups excluding carboxylic acids is 3. The lowest BCUT2D eigenvalue weighted by atomic mass is 10.1. The van der Waals surface area contributed by atoms with E-state index in [4.69, 9.17) is 0 Å². The van der Waals surface area contributed by atoms with Crippen molar-refractivity contribution in [3.63, 3.8) is 0 Å². The highest BCUT2D eigenvalue weighted by atomic mass is 32.1. The van der Waals surface area contributed by atoms with Gasteiger partial charge in [-0.25, -0.2) is 5.43 Å². The van der Waals surface area contributed by atoms with Crippen LogP contribution in [-0.4, -0.2) is 28.5 Å². The molecular weight excluding hydrogens is 589 g/mol. The number of nitrogens with zero attached hydrogens (tertiary/aromatic N) is 1. The van der Waals surface area contributed by atoms with Gasteiger partial charge in [-0.1, -0.05) is 24.3 Å². The maximum atomic E-state index is 12.9. The monoisotopic (exact) mass is 614 g/mol. The van der Waals surface area contributed by atoms with Crippen LogP contribution >= 0.6 is 22.7 Å². The van der Waals surface area contributed by atoms with Gasteiger partial charge in [-0.05, 0) is 61.4 Å². The molecule has 4 aromatic rings. The van der Waals surface area contributed by atoms with Crippen molar-refractivity contribution in [2.75, 3.05) is 5.32 Å². The fraction of sp³-hybridized carbons (Fsp3) is 0.172. The lowest BCUT2D eigenvalue weighted by Gasteiger charge is -2.14. The molecule has 2 aromatic carbocycles. The van der Waals surface area contributed by atoms with E-state index in [2.05, 4.69) is 21.2 Å². The molecule has 0 aliphatic carbocycles. The van der Waals surface area contributed by atoms with E-state index in [1.165, 1.54) is 31.2 Å². The van der Waals surface area contributed by atoms with Crippen molar-refractivity contribution in [1.29, 1.82) is 0 Å². The van der Waals surface area contributed by atoms with Gasteiger partial charge in [0.15, 0.2) is 0 Å². The average molecular weight is 615 g/mol. The summed E-state index contributed by atoms with van der Waals surface area (Å²) in [6.45, 7) is 4.79. The van der Waals surface area contributed by atoms with Crippen LogP contribution in [0.4, 0.5) is 18.9 Å². The molecule has 218 valence electrons. The molecule has 2 heterocycles. The molecule has 1 unspecified atom stereocenters. The van der Waals surface area contributed by atoms with Crippen molar-refractivity contribution in [3.05, 3.63) is 92.5 Å². The van der Waals surface area contributed by atoms with Crippen LogP contribution in [0.25, 0.3) is 10.4 Å². The van der Waals surface area contributed by atoms with Crippen LogP contribution in [0.2, 0.25) is 0 Å². The highest BCUT2D eigenvalue weighted by molar-refractivity contribution is 7.16. The molecule has 13 heteroatoms. The Balaban J connectivity index is 1.37. The van der Waals surface area contributed by atoms with Crippen molar-refractivity contribution < 1.29 is 32.7 Å². The van der Waals surface area contributed by atoms with E-state index in [-0.39, 0.29) is 34.2 Å². The molecule has 8 nitrogen and oxygen atoms in total. The molecule has 4 rings (SSSR count). The lowest BCUT2D eigenvalue weighted by Crippen LogP contribution is -2.25. The molecule has 0 saturated heterocycles. The minimum absolute atomic E-state index is 0.163. The number of rotatable bonds is 8. The smallest absolute Gasteiger partial charge is 0.416 e. The van der Waals surface area contributed by atoms with Crippen molar-refractivity contribution in [2.24, 2.45) is 5.10 Å². The molecule has 0 aliphatic heterocycles. The van der Waals surface area contributed by atoms with Gasteiger partial charge in [0, 0.05) is 18.0 Å². The molecule has 0 spiro atoms. The van der Waals surface area contributed by atoms with Gasteiger partial charge in [0.1, 0.15) is 5.75 Å². The van der Waals surface area contributed by atoms with E-state index in [0.717, 1.165) is 40.4 Å². The van der Waals surface area contributed by atoms with Gasteiger partial charge in [-0.2, -0.15) is 18.3 Å². The molecule has 0 fully saturated rings. The standard InChI is InChI=1S/C29H25F3N4O4S2/c1-15(18-6-10-21(11-7-18)34-17(3)37)33-27(39)23-12-13-24(42-23)28(40)36-35-16(2)22-14-41-26(25(22)38)19-4-8-20(9-5-19)29(30,31)32/h4-15,38H,1-3H3,(H,33,39)(H,34,37)(H,36,40). The number of benzene rings is 2. The third-order valence-corrected chi connectivity index (χ3v) is 8.19. The third kappa shape index (κ3) is 7.22. The highest BCUT2D eigenvalue weighted by Gasteiger charge is 2.30. The molecule has 0 aliphatic rings. The number of hydrogen-bond donors (Lipinski definition) is 4. The number of alkyl halides is 3. The lowest BCUT2D eigenvalue weighted by molar-refractivity contribution is -0.137. The second-order valence-electron chi connectivity index (χ2n) is 9.20. The second-order valence-corrected chi connectivity index (χ2v) is 11.2. The minimum atomic E-state index is -4.46. The first-order chi connectivity index (χ1) is 19.8. The quantitative estimate of drug-likeness (QED) is 0.129. The minimum Gasteiger partial charge on any atom is -0.506 e. The number of halogens is 3. The summed E-state index contributed by atoms with van der Waals surface area (Å²) >= 11 is 2.11. The number of carbonyl (C=O) groups is 3. The van der Waals surface area contributed by atoms with E-state index in [9.17, 15) is 32.7 Å². The van der Waals surface area contributed by atoms with Gasteiger partial charge in [0.2, 0.25) is 5.91 Å². The molecule has 0 bridgehead atoms. The maximum absolute atomic E-state index is 12.9. The molecule has 0 radical (unpaired) electrons. The van der Waals surface area contributed by atoms with Gasteiger partial charge in [-0.15, -0.1) is 22.7 Å². The van der Waals surface area contributed by atoms with E-state index in [1.54, 1.807) is 36.6 Å². The summed E-state index contributed by atoms with van der Waals surface area (Å²) < 4.78 is 38.6. The van der Waals surface area contributed by atoms with Gasteiger partial charge >= 0.3 is 6.18 Å². The number of anilines is 1. The zero-order chi connectivity index (χ0) is 30.6. The fourth-order valence-corrected chi connectivity index (χ4v) is 5.68. The summed E-state index contributed by atoms with van der Waals surface area (Å²) in [5, 5.41) is 21.9. The number of aromatic hydroxyl groups is 1. The molecule has 2 aromatic heterocycles. The second kappa shape index (κ2) is 12.6. The predicted molar refractivity (Wildman–Crippen MR) is 157 cm³/mol. The van der Waals surface area contributed by atoms with Crippen LogP contribution in [0.5, 0.6) is 5.75 Å². The zero-order valence-corrected chi connectivity index (χ0v) is 24.1. The van der Waals surface area contributed by atoms with E-state index >= 15 is 0 Å². The summed E-state index contributed by atoms with van der Waals surface area (Å²) in [5.74, 6) is -1.27. The van der Waals surface area contributed by atoms with Crippen molar-refractivity contribution in [3.8, 4) is 16.2 Å². The van der Waals surface area contributed by atoms with Crippen LogP contribution in [0.1, 0.15) is 62.8 Å². The first kappa shape index (κ1) is 30.5. The third-order valence-electron chi connectivity index (χ3n) is 6.09. The Morgan fingerprint density at radius 3 is 2.12 bits per heavy atom. The number of thiophene rings is 2. The van der Waals surface area contributed by atoms with Gasteiger partial charge in [0.25, 0.3) is 11.8 Å². The first-order valence-corrected chi connectivity index (χ1v) is 14.1. The van der Waals surface area contributed by atoms with Gasteiger partial charge in [-0.3, -0.25) is 14.4 Å². The Hall–Kier alpha value is -4.49. The molecule has 0 saturated carbocycles. The highest BCUT2D eigenvalue weighted by Crippen LogP contribution is 2.40. The number of hydrogen-bond acceptors (Lipinski definition) is 7. The Kier molecular flexibility index (Phi) is 9.12. The predicted octanol–water partition coefficient (Wildman–Crippen LogP) is 6.80. The fourth-order valence-electron chi connectivity index (χ4n) is 3.87. The van der Waals surface area contributed by atoms with Gasteiger partial charge in [0.05, 0.1) is 37.5 Å². The Morgan fingerprint density at radius 2 is 1.52 bits per heavy atom. The van der Waals surface area contributed by atoms with Crippen LogP contribution in [0.3, 0.4) is 0 Å². The Bertz CT molecular complexity index is 1640. The summed E-state index contributed by atoms with van der Waals surface area (Å²) in [5.41, 5.74) is 4.10. The van der Waals surface area contributed by atoms with Crippen LogP contribution < -0.4 is 16.1 Å². The maximum Gasteiger partial charge on any atom is 0.416 e. The molecule has 42 heavy (non-hydrogen) atoms.